The number of aromatic nitrogens is 4. The Kier molecular flexibility index (Phi) is 12.4. The number of carbonyl (C=O) groups excluding carboxylic acids is 1. The van der Waals surface area contributed by atoms with Gasteiger partial charge in [0.15, 0.2) is 11.9 Å². The van der Waals surface area contributed by atoms with Crippen LogP contribution in [-0.2, 0) is 28.5 Å². The molecule has 0 radical (unpaired) electrons. The third kappa shape index (κ3) is 8.77. The summed E-state index contributed by atoms with van der Waals surface area (Å²) in [6.45, 7) is 5.00. The number of rotatable bonds is 19. The minimum atomic E-state index is -0.278. The first-order valence-electron chi connectivity index (χ1n) is 15.7. The maximum Gasteiger partial charge on any atom is 0.229 e. The van der Waals surface area contributed by atoms with Crippen LogP contribution in [0.5, 0.6) is 0 Å². The molecule has 242 valence electrons. The molecule has 44 heavy (non-hydrogen) atoms. The standard InChI is InChI=1S/C30H45N7O7/c1-2-10-40-12-14-42-16-17-43-15-13-41-11-9-31-29(39)22-19-36(20-22)30-34-27(33-23-5-3-4-6-23)25-18-32-37(28(25)35-30)26-8-7-24(21-38)44-26/h1,18,22-24,26,38H,3-17,19-21H2,(H,31,39)(H,33,34,35). The number of amides is 1. The molecular weight excluding hydrogens is 570 g/mol. The molecule has 1 amide bonds. The fourth-order valence-electron chi connectivity index (χ4n) is 5.63. The molecule has 2 aromatic heterocycles. The van der Waals surface area contributed by atoms with Gasteiger partial charge in [0.1, 0.15) is 12.4 Å². The van der Waals surface area contributed by atoms with Crippen LogP contribution in [0, 0.1) is 18.3 Å². The predicted molar refractivity (Wildman–Crippen MR) is 162 cm³/mol. The second-order valence-corrected chi connectivity index (χ2v) is 11.3. The number of nitrogens with zero attached hydrogens (tertiary/aromatic N) is 5. The fourth-order valence-corrected chi connectivity index (χ4v) is 5.63. The number of terminal acetylenes is 1. The SMILES string of the molecule is C#CCOCCOCCOCCOCCNC(=O)C1CN(c2nc(NC3CCCC3)c3cnn(C4CCC(CO)O4)c3n2)C1. The molecule has 4 heterocycles. The minimum Gasteiger partial charge on any atom is -0.394 e. The van der Waals surface area contributed by atoms with E-state index in [9.17, 15) is 9.90 Å². The third-order valence-corrected chi connectivity index (χ3v) is 8.08. The molecule has 2 unspecified atom stereocenters. The van der Waals surface area contributed by atoms with Crippen molar-refractivity contribution in [3.05, 3.63) is 6.20 Å². The van der Waals surface area contributed by atoms with Gasteiger partial charge in [-0.2, -0.15) is 15.1 Å². The molecule has 0 spiro atoms. The number of ether oxygens (including phenoxy) is 5. The summed E-state index contributed by atoms with van der Waals surface area (Å²) in [5.41, 5.74) is 0.700. The second-order valence-electron chi connectivity index (χ2n) is 11.3. The quantitative estimate of drug-likeness (QED) is 0.153. The van der Waals surface area contributed by atoms with Gasteiger partial charge in [-0.05, 0) is 25.7 Å². The van der Waals surface area contributed by atoms with Crippen molar-refractivity contribution in [1.29, 1.82) is 0 Å². The van der Waals surface area contributed by atoms with E-state index in [0.717, 1.165) is 36.9 Å². The van der Waals surface area contributed by atoms with Gasteiger partial charge in [-0.15, -0.1) is 6.42 Å². The van der Waals surface area contributed by atoms with E-state index in [1.807, 2.05) is 4.90 Å². The average Bonchev–Trinajstić information content (AvgIpc) is 3.78. The molecular formula is C30H45N7O7. The Morgan fingerprint density at radius 1 is 1.00 bits per heavy atom. The van der Waals surface area contributed by atoms with Crippen molar-refractivity contribution < 1.29 is 33.6 Å². The molecule has 2 saturated heterocycles. The van der Waals surface area contributed by atoms with Crippen molar-refractivity contribution in [2.45, 2.75) is 56.9 Å². The molecule has 14 heteroatoms. The normalized spacial score (nSPS) is 20.7. The van der Waals surface area contributed by atoms with Gasteiger partial charge in [-0.1, -0.05) is 18.8 Å². The van der Waals surface area contributed by atoms with Crippen molar-refractivity contribution in [1.82, 2.24) is 25.1 Å². The molecule has 2 aromatic rings. The summed E-state index contributed by atoms with van der Waals surface area (Å²) in [5.74, 6) is 3.60. The van der Waals surface area contributed by atoms with E-state index in [-0.39, 0.29) is 30.8 Å². The first-order chi connectivity index (χ1) is 21.7. The van der Waals surface area contributed by atoms with E-state index in [0.29, 0.717) is 90.1 Å². The number of fused-ring (bicyclic) bond motifs is 1. The average molecular weight is 616 g/mol. The molecule has 14 nitrogen and oxygen atoms in total. The Morgan fingerprint density at radius 3 is 2.39 bits per heavy atom. The van der Waals surface area contributed by atoms with Crippen LogP contribution in [0.15, 0.2) is 6.20 Å². The lowest BCUT2D eigenvalue weighted by molar-refractivity contribution is -0.126. The number of carbonyl (C=O) groups is 1. The zero-order valence-electron chi connectivity index (χ0n) is 25.3. The lowest BCUT2D eigenvalue weighted by Gasteiger charge is -2.38. The van der Waals surface area contributed by atoms with E-state index in [2.05, 4.69) is 21.7 Å². The maximum absolute atomic E-state index is 12.7. The zero-order chi connectivity index (χ0) is 30.6. The highest BCUT2D eigenvalue weighted by Gasteiger charge is 2.36. The van der Waals surface area contributed by atoms with Crippen LogP contribution in [-0.4, -0.2) is 122 Å². The van der Waals surface area contributed by atoms with Crippen molar-refractivity contribution >= 4 is 28.7 Å². The molecule has 1 aliphatic carbocycles. The van der Waals surface area contributed by atoms with E-state index in [4.69, 9.17) is 40.1 Å². The zero-order valence-corrected chi connectivity index (χ0v) is 25.3. The topological polar surface area (TPSA) is 154 Å². The van der Waals surface area contributed by atoms with Gasteiger partial charge in [-0.25, -0.2) is 4.68 Å². The molecule has 1 saturated carbocycles. The monoisotopic (exact) mass is 615 g/mol. The Balaban J connectivity index is 1.04. The largest absolute Gasteiger partial charge is 0.394 e. The van der Waals surface area contributed by atoms with Crippen LogP contribution >= 0.6 is 0 Å². The van der Waals surface area contributed by atoms with Crippen molar-refractivity contribution in [2.75, 3.05) is 89.3 Å². The van der Waals surface area contributed by atoms with Crippen LogP contribution in [0.3, 0.4) is 0 Å². The Hall–Kier alpha value is -3.06. The lowest BCUT2D eigenvalue weighted by Crippen LogP contribution is -2.54. The molecule has 0 bridgehead atoms. The number of nitrogens with one attached hydrogen (secondary N) is 2. The molecule has 0 aromatic carbocycles. The highest BCUT2D eigenvalue weighted by molar-refractivity contribution is 5.88. The highest BCUT2D eigenvalue weighted by Crippen LogP contribution is 2.34. The number of hydrogen-bond acceptors (Lipinski definition) is 12. The second kappa shape index (κ2) is 16.9. The van der Waals surface area contributed by atoms with Crippen molar-refractivity contribution in [3.8, 4) is 12.3 Å². The Bertz CT molecular complexity index is 1230. The van der Waals surface area contributed by atoms with Crippen molar-refractivity contribution in [2.24, 2.45) is 5.92 Å². The van der Waals surface area contributed by atoms with Crippen LogP contribution in [0.25, 0.3) is 11.0 Å². The number of aliphatic hydroxyl groups is 1. The first-order valence-corrected chi connectivity index (χ1v) is 15.7. The van der Waals surface area contributed by atoms with Crippen molar-refractivity contribution in [3.63, 3.8) is 0 Å². The summed E-state index contributed by atoms with van der Waals surface area (Å²) in [6.07, 6.45) is 12.6. The Morgan fingerprint density at radius 2 is 1.70 bits per heavy atom. The number of anilines is 2. The van der Waals surface area contributed by atoms with E-state index in [1.165, 1.54) is 12.8 Å². The number of hydrogen-bond donors (Lipinski definition) is 3. The van der Waals surface area contributed by atoms with Gasteiger partial charge in [-0.3, -0.25) is 4.79 Å². The molecule has 2 aliphatic heterocycles. The van der Waals surface area contributed by atoms with Crippen LogP contribution < -0.4 is 15.5 Å². The summed E-state index contributed by atoms with van der Waals surface area (Å²) >= 11 is 0. The van der Waals surface area contributed by atoms with E-state index < -0.39 is 0 Å². The third-order valence-electron chi connectivity index (χ3n) is 8.08. The molecule has 5 rings (SSSR count). The summed E-state index contributed by atoms with van der Waals surface area (Å²) in [7, 11) is 0. The molecule has 3 N–H and O–H groups in total. The van der Waals surface area contributed by atoms with Gasteiger partial charge in [0.2, 0.25) is 11.9 Å². The smallest absolute Gasteiger partial charge is 0.229 e. The minimum absolute atomic E-state index is 0.00528. The molecule has 3 fully saturated rings. The maximum atomic E-state index is 12.7. The van der Waals surface area contributed by atoms with Gasteiger partial charge >= 0.3 is 0 Å². The van der Waals surface area contributed by atoms with Gasteiger partial charge in [0, 0.05) is 25.7 Å². The summed E-state index contributed by atoms with van der Waals surface area (Å²) in [6, 6.07) is 0.374. The van der Waals surface area contributed by atoms with E-state index >= 15 is 0 Å². The van der Waals surface area contributed by atoms with Gasteiger partial charge in [0.25, 0.3) is 0 Å². The Labute approximate surface area is 258 Å². The summed E-state index contributed by atoms with van der Waals surface area (Å²) in [5, 5.41) is 21.6. The predicted octanol–water partition coefficient (Wildman–Crippen LogP) is 1.10. The fraction of sp³-hybridized carbons (Fsp3) is 0.733. The van der Waals surface area contributed by atoms with Gasteiger partial charge < -0.3 is 44.3 Å². The molecule has 2 atom stereocenters. The molecule has 3 aliphatic rings. The van der Waals surface area contributed by atoms with Crippen LogP contribution in [0.2, 0.25) is 0 Å². The van der Waals surface area contributed by atoms with Crippen LogP contribution in [0.1, 0.15) is 44.8 Å². The number of aliphatic hydroxyl groups excluding tert-OH is 1. The summed E-state index contributed by atoms with van der Waals surface area (Å²) in [4.78, 5) is 24.5. The summed E-state index contributed by atoms with van der Waals surface area (Å²) < 4.78 is 29.3. The van der Waals surface area contributed by atoms with Gasteiger partial charge in [0.05, 0.1) is 76.5 Å². The van der Waals surface area contributed by atoms with Crippen LogP contribution in [0.4, 0.5) is 11.8 Å². The van der Waals surface area contributed by atoms with E-state index in [1.54, 1.807) is 10.9 Å². The highest BCUT2D eigenvalue weighted by atomic mass is 16.6. The lowest BCUT2D eigenvalue weighted by atomic mass is 10.00. The first kappa shape index (κ1) is 32.3.